The molecule has 0 saturated carbocycles. The quantitative estimate of drug-likeness (QED) is 0.502. The highest BCUT2D eigenvalue weighted by Gasteiger charge is 2.33. The number of unbranched alkanes of at least 4 members (excludes halogenated alkanes) is 2. The smallest absolute Gasteiger partial charge is 0.256 e. The van der Waals surface area contributed by atoms with Crippen molar-refractivity contribution >= 4 is 11.6 Å². The molecule has 142 valence electrons. The van der Waals surface area contributed by atoms with Gasteiger partial charge in [0.25, 0.3) is 5.91 Å². The van der Waals surface area contributed by atoms with E-state index in [0.717, 1.165) is 50.0 Å². The average Bonchev–Trinajstić information content (AvgIpc) is 2.61. The van der Waals surface area contributed by atoms with Crippen LogP contribution in [0, 0.1) is 0 Å². The molecule has 1 aromatic rings. The molecule has 0 heterocycles. The van der Waals surface area contributed by atoms with Crippen LogP contribution in [-0.2, 0) is 9.53 Å². The van der Waals surface area contributed by atoms with Crippen LogP contribution in [-0.4, -0.2) is 24.2 Å². The molecule has 0 aliphatic rings. The van der Waals surface area contributed by atoms with Gasteiger partial charge >= 0.3 is 0 Å². The Morgan fingerprint density at radius 2 is 1.80 bits per heavy atom. The van der Waals surface area contributed by atoms with Crippen molar-refractivity contribution in [2.24, 2.45) is 0 Å². The number of hydrogen-bond acceptors (Lipinski definition) is 3. The van der Waals surface area contributed by atoms with Crippen molar-refractivity contribution in [2.45, 2.75) is 84.8 Å². The van der Waals surface area contributed by atoms with E-state index in [0.29, 0.717) is 6.61 Å². The van der Waals surface area contributed by atoms with Crippen molar-refractivity contribution in [1.82, 2.24) is 0 Å². The van der Waals surface area contributed by atoms with Gasteiger partial charge in [-0.25, -0.2) is 0 Å². The molecule has 1 aromatic carbocycles. The van der Waals surface area contributed by atoms with E-state index in [1.54, 1.807) is 0 Å². The lowest BCUT2D eigenvalue weighted by Gasteiger charge is -2.28. The van der Waals surface area contributed by atoms with Crippen LogP contribution in [0.2, 0.25) is 0 Å². The number of ether oxygens (including phenoxy) is 2. The lowest BCUT2D eigenvalue weighted by molar-refractivity contribution is -0.140. The predicted molar refractivity (Wildman–Crippen MR) is 104 cm³/mol. The Balaban J connectivity index is 2.71. The lowest BCUT2D eigenvalue weighted by Crippen LogP contribution is -2.43. The molecule has 0 aliphatic carbocycles. The summed E-state index contributed by atoms with van der Waals surface area (Å²) >= 11 is 0. The predicted octanol–water partition coefficient (Wildman–Crippen LogP) is 5.57. The van der Waals surface area contributed by atoms with E-state index in [-0.39, 0.29) is 12.0 Å². The molecular formula is C21H35NO3. The Hall–Kier alpha value is -1.55. The molecule has 1 rings (SSSR count). The van der Waals surface area contributed by atoms with Gasteiger partial charge in [-0.2, -0.15) is 0 Å². The van der Waals surface area contributed by atoms with E-state index in [4.69, 9.17) is 9.47 Å². The summed E-state index contributed by atoms with van der Waals surface area (Å²) in [6.07, 6.45) is 6.02. The average molecular weight is 350 g/mol. The van der Waals surface area contributed by atoms with Crippen molar-refractivity contribution in [3.8, 4) is 5.75 Å². The Kier molecular flexibility index (Phi) is 9.58. The molecule has 0 aromatic heterocycles. The van der Waals surface area contributed by atoms with Crippen LogP contribution >= 0.6 is 0 Å². The second-order valence-corrected chi connectivity index (χ2v) is 6.85. The molecule has 0 spiro atoms. The van der Waals surface area contributed by atoms with Gasteiger partial charge in [-0.3, -0.25) is 4.79 Å². The Morgan fingerprint density at radius 3 is 2.36 bits per heavy atom. The fraction of sp³-hybridized carbons (Fsp3) is 0.667. The Morgan fingerprint density at radius 1 is 1.12 bits per heavy atom. The highest BCUT2D eigenvalue weighted by molar-refractivity contribution is 5.97. The molecule has 0 bridgehead atoms. The third-order valence-corrected chi connectivity index (χ3v) is 4.39. The zero-order valence-electron chi connectivity index (χ0n) is 16.6. The fourth-order valence-corrected chi connectivity index (χ4v) is 2.49. The molecule has 25 heavy (non-hydrogen) atoms. The van der Waals surface area contributed by atoms with Gasteiger partial charge in [0.15, 0.2) is 0 Å². The normalized spacial score (nSPS) is 14.6. The molecule has 4 nitrogen and oxygen atoms in total. The number of rotatable bonds is 12. The zero-order valence-corrected chi connectivity index (χ0v) is 16.6. The topological polar surface area (TPSA) is 47.6 Å². The summed E-state index contributed by atoms with van der Waals surface area (Å²) in [6, 6.07) is 7.54. The van der Waals surface area contributed by atoms with Crippen molar-refractivity contribution in [2.75, 3.05) is 11.9 Å². The first-order valence-corrected chi connectivity index (χ1v) is 9.67. The minimum atomic E-state index is -0.781. The summed E-state index contributed by atoms with van der Waals surface area (Å²) in [5, 5.41) is 2.99. The minimum absolute atomic E-state index is 0.0763. The monoisotopic (exact) mass is 349 g/mol. The van der Waals surface area contributed by atoms with Crippen LogP contribution in [0.3, 0.4) is 0 Å². The first kappa shape index (κ1) is 21.5. The molecule has 1 N–H and O–H groups in total. The molecular weight excluding hydrogens is 314 g/mol. The molecule has 4 heteroatoms. The summed E-state index contributed by atoms with van der Waals surface area (Å²) in [7, 11) is 0. The highest BCUT2D eigenvalue weighted by atomic mass is 16.5. The Bertz CT molecular complexity index is 500. The van der Waals surface area contributed by atoms with Gasteiger partial charge in [-0.05, 0) is 57.4 Å². The van der Waals surface area contributed by atoms with Gasteiger partial charge in [0.05, 0.1) is 6.10 Å². The molecule has 0 aliphatic heterocycles. The van der Waals surface area contributed by atoms with Gasteiger partial charge in [-0.15, -0.1) is 0 Å². The maximum atomic E-state index is 12.8. The fourth-order valence-electron chi connectivity index (χ4n) is 2.49. The van der Waals surface area contributed by atoms with E-state index < -0.39 is 5.60 Å². The van der Waals surface area contributed by atoms with Crippen LogP contribution < -0.4 is 10.1 Å². The molecule has 0 radical (unpaired) electrons. The maximum Gasteiger partial charge on any atom is 0.256 e. The number of nitrogens with one attached hydrogen (secondary N) is 1. The summed E-state index contributed by atoms with van der Waals surface area (Å²) in [4.78, 5) is 12.8. The highest BCUT2D eigenvalue weighted by Crippen LogP contribution is 2.24. The largest absolute Gasteiger partial charge is 0.491 e. The van der Waals surface area contributed by atoms with E-state index >= 15 is 0 Å². The second kappa shape index (κ2) is 11.1. The van der Waals surface area contributed by atoms with Gasteiger partial charge in [0.2, 0.25) is 0 Å². The number of benzene rings is 1. The number of carbonyl (C=O) groups excluding carboxylic acids is 1. The molecule has 0 saturated heterocycles. The van der Waals surface area contributed by atoms with Crippen LogP contribution in [0.1, 0.15) is 73.1 Å². The first-order valence-electron chi connectivity index (χ1n) is 9.67. The molecule has 1 amide bonds. The second-order valence-electron chi connectivity index (χ2n) is 6.85. The van der Waals surface area contributed by atoms with Gasteiger partial charge in [0, 0.05) is 12.3 Å². The van der Waals surface area contributed by atoms with Gasteiger partial charge in [0.1, 0.15) is 11.4 Å². The van der Waals surface area contributed by atoms with Crippen molar-refractivity contribution < 1.29 is 14.3 Å². The number of amides is 1. The summed E-state index contributed by atoms with van der Waals surface area (Å²) in [5.41, 5.74) is -0.0137. The SMILES string of the molecule is CCCCC[C@](C)(OCCC)C(=O)Nc1ccc(O[C@H](C)CC)cc1. The molecule has 2 atom stereocenters. The third kappa shape index (κ3) is 7.47. The van der Waals surface area contributed by atoms with E-state index in [1.165, 1.54) is 0 Å². The van der Waals surface area contributed by atoms with Crippen LogP contribution in [0.25, 0.3) is 0 Å². The minimum Gasteiger partial charge on any atom is -0.491 e. The van der Waals surface area contributed by atoms with Crippen LogP contribution in [0.5, 0.6) is 5.75 Å². The maximum absolute atomic E-state index is 12.8. The van der Waals surface area contributed by atoms with Gasteiger partial charge < -0.3 is 14.8 Å². The van der Waals surface area contributed by atoms with Gasteiger partial charge in [-0.1, -0.05) is 40.0 Å². The summed E-state index contributed by atoms with van der Waals surface area (Å²) < 4.78 is 11.7. The molecule has 0 fully saturated rings. The van der Waals surface area contributed by atoms with Crippen molar-refractivity contribution in [1.29, 1.82) is 0 Å². The number of hydrogen-bond donors (Lipinski definition) is 1. The summed E-state index contributed by atoms with van der Waals surface area (Å²) in [5.74, 6) is 0.743. The van der Waals surface area contributed by atoms with E-state index in [2.05, 4.69) is 26.1 Å². The standard InChI is InChI=1S/C21H35NO3/c1-6-9-10-15-21(5,24-16-7-2)20(23)22-18-11-13-19(14-12-18)25-17(4)8-3/h11-14,17H,6-10,15-16H2,1-5H3,(H,22,23)/t17-,21+/m1/s1. The number of carbonyl (C=O) groups is 1. The Labute approximate surface area is 153 Å². The first-order chi connectivity index (χ1) is 11.9. The lowest BCUT2D eigenvalue weighted by atomic mass is 9.96. The third-order valence-electron chi connectivity index (χ3n) is 4.39. The molecule has 0 unspecified atom stereocenters. The van der Waals surface area contributed by atoms with E-state index in [9.17, 15) is 4.79 Å². The number of anilines is 1. The summed E-state index contributed by atoms with van der Waals surface area (Å²) in [6.45, 7) is 10.8. The van der Waals surface area contributed by atoms with Crippen LogP contribution in [0.15, 0.2) is 24.3 Å². The van der Waals surface area contributed by atoms with E-state index in [1.807, 2.05) is 38.1 Å². The van der Waals surface area contributed by atoms with Crippen molar-refractivity contribution in [3.05, 3.63) is 24.3 Å². The zero-order chi connectivity index (χ0) is 18.7. The van der Waals surface area contributed by atoms with Crippen molar-refractivity contribution in [3.63, 3.8) is 0 Å². The van der Waals surface area contributed by atoms with Crippen LogP contribution in [0.4, 0.5) is 5.69 Å².